The summed E-state index contributed by atoms with van der Waals surface area (Å²) < 4.78 is 50.9. The molecular weight excluding hydrogens is 403 g/mol. The van der Waals surface area contributed by atoms with E-state index in [1.807, 2.05) is 0 Å². The molecule has 0 heterocycles. The molecule has 0 fully saturated rings. The Hall–Kier alpha value is -2.94. The molecule has 28 heavy (non-hydrogen) atoms. The van der Waals surface area contributed by atoms with Gasteiger partial charge in [0.05, 0.1) is 5.02 Å². The van der Waals surface area contributed by atoms with Gasteiger partial charge >= 0.3 is 12.3 Å². The zero-order valence-electron chi connectivity index (χ0n) is 14.3. The van der Waals surface area contributed by atoms with Crippen molar-refractivity contribution in [2.24, 2.45) is 0 Å². The third-order valence-electron chi connectivity index (χ3n) is 3.22. The third-order valence-corrected chi connectivity index (χ3v) is 3.53. The Bertz CT molecular complexity index is 829. The van der Waals surface area contributed by atoms with E-state index >= 15 is 0 Å². The summed E-state index contributed by atoms with van der Waals surface area (Å²) in [6, 6.07) is 11.9. The maximum absolute atomic E-state index is 12.4. The van der Waals surface area contributed by atoms with Crippen molar-refractivity contribution in [1.29, 1.82) is 0 Å². The van der Waals surface area contributed by atoms with Crippen molar-refractivity contribution in [3.05, 3.63) is 59.1 Å². The second-order valence-electron chi connectivity index (χ2n) is 5.31. The molecule has 0 atom stereocenters. The summed E-state index contributed by atoms with van der Waals surface area (Å²) >= 11 is 5.87. The lowest BCUT2D eigenvalue weighted by molar-refractivity contribution is -0.274. The highest BCUT2D eigenvalue weighted by Crippen LogP contribution is 2.26. The summed E-state index contributed by atoms with van der Waals surface area (Å²) in [5, 5.41) is 2.65. The number of nitrogens with one attached hydrogen (secondary N) is 1. The van der Waals surface area contributed by atoms with Crippen LogP contribution in [0.15, 0.2) is 48.5 Å². The van der Waals surface area contributed by atoms with Crippen molar-refractivity contribution < 1.29 is 37.0 Å². The number of esters is 1. The number of halogens is 4. The lowest BCUT2D eigenvalue weighted by atomic mass is 10.2. The molecule has 2 rings (SSSR count). The summed E-state index contributed by atoms with van der Waals surface area (Å²) in [5.41, 5.74) is 0.113. The Morgan fingerprint density at radius 1 is 0.964 bits per heavy atom. The second-order valence-corrected chi connectivity index (χ2v) is 5.72. The fraction of sp³-hybridized carbons (Fsp3) is 0.222. The summed E-state index contributed by atoms with van der Waals surface area (Å²) in [4.78, 5) is 23.3. The van der Waals surface area contributed by atoms with E-state index < -0.39 is 37.2 Å². The Morgan fingerprint density at radius 3 is 2.29 bits per heavy atom. The predicted octanol–water partition coefficient (Wildman–Crippen LogP) is 3.48. The quantitative estimate of drug-likeness (QED) is 0.666. The molecule has 0 aliphatic rings. The summed E-state index contributed by atoms with van der Waals surface area (Å²) in [5.74, 6) is -1.66. The fourth-order valence-corrected chi connectivity index (χ4v) is 2.20. The van der Waals surface area contributed by atoms with Gasteiger partial charge in [0.15, 0.2) is 13.2 Å². The number of carbonyl (C=O) groups is 2. The third kappa shape index (κ3) is 7.36. The van der Waals surface area contributed by atoms with Crippen molar-refractivity contribution >= 4 is 23.5 Å². The first kappa shape index (κ1) is 21.4. The molecule has 150 valence electrons. The first-order chi connectivity index (χ1) is 13.2. The number of carbonyl (C=O) groups excluding carboxylic acids is 2. The largest absolute Gasteiger partial charge is 0.573 e. The molecule has 0 aliphatic heterocycles. The first-order valence-electron chi connectivity index (χ1n) is 7.88. The molecule has 2 aromatic carbocycles. The fourth-order valence-electron chi connectivity index (χ4n) is 2.01. The lowest BCUT2D eigenvalue weighted by Gasteiger charge is -2.13. The van der Waals surface area contributed by atoms with Crippen LogP contribution in [0, 0.1) is 0 Å². The van der Waals surface area contributed by atoms with Gasteiger partial charge in [-0.05, 0) is 18.2 Å². The maximum atomic E-state index is 12.4. The van der Waals surface area contributed by atoms with Crippen molar-refractivity contribution in [3.8, 4) is 11.5 Å². The Labute approximate surface area is 163 Å². The van der Waals surface area contributed by atoms with Crippen LogP contribution in [0.1, 0.15) is 5.56 Å². The number of ether oxygens (including phenoxy) is 3. The van der Waals surface area contributed by atoms with E-state index in [2.05, 4.69) is 10.1 Å². The Balaban J connectivity index is 1.76. The van der Waals surface area contributed by atoms with Crippen molar-refractivity contribution in [2.75, 3.05) is 13.2 Å². The molecule has 0 radical (unpaired) electrons. The minimum absolute atomic E-state index is 0.113. The van der Waals surface area contributed by atoms with Crippen molar-refractivity contribution in [2.45, 2.75) is 12.9 Å². The molecule has 0 aliphatic carbocycles. The maximum Gasteiger partial charge on any atom is 0.573 e. The van der Waals surface area contributed by atoms with Crippen molar-refractivity contribution in [3.63, 3.8) is 0 Å². The van der Waals surface area contributed by atoms with Gasteiger partial charge in [-0.1, -0.05) is 41.9 Å². The summed E-state index contributed by atoms with van der Waals surface area (Å²) in [6.45, 7) is -1.31. The van der Waals surface area contributed by atoms with Crippen LogP contribution in [0.3, 0.4) is 0 Å². The van der Waals surface area contributed by atoms with Crippen molar-refractivity contribution in [1.82, 2.24) is 5.32 Å². The number of para-hydroxylation sites is 2. The Morgan fingerprint density at radius 2 is 1.61 bits per heavy atom. The molecule has 1 amide bonds. The normalized spacial score (nSPS) is 10.9. The number of hydrogen-bond acceptors (Lipinski definition) is 5. The molecule has 6 nitrogen and oxygen atoms in total. The van der Waals surface area contributed by atoms with E-state index in [-0.39, 0.29) is 17.9 Å². The number of rotatable bonds is 8. The van der Waals surface area contributed by atoms with Gasteiger partial charge in [0.1, 0.15) is 11.5 Å². The molecular formula is C18H15ClF3NO5. The molecule has 0 spiro atoms. The van der Waals surface area contributed by atoms with E-state index in [0.717, 1.165) is 6.07 Å². The molecule has 0 unspecified atom stereocenters. The van der Waals surface area contributed by atoms with Crippen LogP contribution in [0.2, 0.25) is 5.02 Å². The minimum atomic E-state index is -4.85. The Kier molecular flexibility index (Phi) is 7.51. The number of hydrogen-bond donors (Lipinski definition) is 1. The average Bonchev–Trinajstić information content (AvgIpc) is 2.64. The number of alkyl halides is 3. The van der Waals surface area contributed by atoms with Gasteiger partial charge < -0.3 is 19.5 Å². The molecule has 0 saturated heterocycles. The molecule has 0 bridgehead atoms. The summed E-state index contributed by atoms with van der Waals surface area (Å²) in [7, 11) is 0. The van der Waals surface area contributed by atoms with Crippen LogP contribution in [-0.4, -0.2) is 31.5 Å². The minimum Gasteiger partial charge on any atom is -0.480 e. The smallest absolute Gasteiger partial charge is 0.480 e. The average molecular weight is 418 g/mol. The van der Waals surface area contributed by atoms with Gasteiger partial charge in [0.2, 0.25) is 0 Å². The van der Waals surface area contributed by atoms with Gasteiger partial charge in [-0.25, -0.2) is 4.79 Å². The zero-order chi connectivity index (χ0) is 20.6. The monoisotopic (exact) mass is 417 g/mol. The second kappa shape index (κ2) is 9.84. The number of benzene rings is 2. The molecule has 0 saturated carbocycles. The standard InChI is InChI=1S/C18H15ClF3NO5/c19-13-6-2-4-8-15(13)26-11-17(25)27-10-16(24)23-9-12-5-1-3-7-14(12)28-18(20,21)22/h1-8H,9-11H2,(H,23,24). The van der Waals surface area contributed by atoms with Gasteiger partial charge in [-0.2, -0.15) is 0 Å². The lowest BCUT2D eigenvalue weighted by Crippen LogP contribution is -2.30. The van der Waals surface area contributed by atoms with E-state index in [9.17, 15) is 22.8 Å². The van der Waals surface area contributed by atoms with Crippen LogP contribution in [0.4, 0.5) is 13.2 Å². The predicted molar refractivity (Wildman–Crippen MR) is 92.9 cm³/mol. The molecule has 2 aromatic rings. The van der Waals surface area contributed by atoms with E-state index in [1.54, 1.807) is 24.3 Å². The molecule has 10 heteroatoms. The van der Waals surface area contributed by atoms with Crippen LogP contribution >= 0.6 is 11.6 Å². The van der Waals surface area contributed by atoms with Gasteiger partial charge in [-0.3, -0.25) is 4.79 Å². The SMILES string of the molecule is O=C(COC(=O)COc1ccccc1Cl)NCc1ccccc1OC(F)(F)F. The highest BCUT2D eigenvalue weighted by Gasteiger charge is 2.32. The van der Waals surface area contributed by atoms with Gasteiger partial charge in [0, 0.05) is 12.1 Å². The molecule has 0 aromatic heterocycles. The van der Waals surface area contributed by atoms with Gasteiger partial charge in [0.25, 0.3) is 5.91 Å². The topological polar surface area (TPSA) is 73.9 Å². The van der Waals surface area contributed by atoms with Crippen LogP contribution in [0.25, 0.3) is 0 Å². The summed E-state index contributed by atoms with van der Waals surface area (Å²) in [6.07, 6.45) is -4.85. The van der Waals surface area contributed by atoms with Crippen LogP contribution in [-0.2, 0) is 20.9 Å². The van der Waals surface area contributed by atoms with E-state index in [0.29, 0.717) is 5.02 Å². The van der Waals surface area contributed by atoms with E-state index in [1.165, 1.54) is 18.2 Å². The van der Waals surface area contributed by atoms with Crippen LogP contribution < -0.4 is 14.8 Å². The first-order valence-corrected chi connectivity index (χ1v) is 8.25. The van der Waals surface area contributed by atoms with Gasteiger partial charge in [-0.15, -0.1) is 13.2 Å². The van der Waals surface area contributed by atoms with Crippen LogP contribution in [0.5, 0.6) is 11.5 Å². The zero-order valence-corrected chi connectivity index (χ0v) is 15.0. The number of amides is 1. The highest BCUT2D eigenvalue weighted by molar-refractivity contribution is 6.32. The van der Waals surface area contributed by atoms with E-state index in [4.69, 9.17) is 21.1 Å². The highest BCUT2D eigenvalue weighted by atomic mass is 35.5. The molecule has 1 N–H and O–H groups in total.